The third-order valence-electron chi connectivity index (χ3n) is 4.00. The molecule has 0 saturated heterocycles. The van der Waals surface area contributed by atoms with Gasteiger partial charge in [-0.2, -0.15) is 0 Å². The molecule has 0 spiro atoms. The summed E-state index contributed by atoms with van der Waals surface area (Å²) < 4.78 is 34.2. The number of sulfonamides is 1. The molecule has 8 heteroatoms. The number of benzene rings is 1. The fraction of sp³-hybridized carbons (Fsp3) is 0.375. The zero-order valence-corrected chi connectivity index (χ0v) is 16.7. The molecule has 1 unspecified atom stereocenters. The molecule has 1 atom stereocenters. The molecule has 3 rings (SSSR count). The zero-order valence-electron chi connectivity index (χ0n) is 13.5. The number of nitrogens with zero attached hydrogens (tertiary/aromatic N) is 1. The van der Waals surface area contributed by atoms with E-state index in [0.717, 1.165) is 21.5 Å². The van der Waals surface area contributed by atoms with E-state index in [2.05, 4.69) is 26.7 Å². The topological polar surface area (TPSA) is 58.6 Å². The van der Waals surface area contributed by atoms with Crippen molar-refractivity contribution in [2.75, 3.05) is 27.2 Å². The van der Waals surface area contributed by atoms with Crippen molar-refractivity contribution in [3.63, 3.8) is 0 Å². The van der Waals surface area contributed by atoms with E-state index < -0.39 is 10.0 Å². The van der Waals surface area contributed by atoms with Gasteiger partial charge in [0, 0.05) is 19.0 Å². The van der Waals surface area contributed by atoms with Crippen molar-refractivity contribution >= 4 is 37.3 Å². The maximum Gasteiger partial charge on any atom is 0.250 e. The van der Waals surface area contributed by atoms with Crippen LogP contribution in [-0.2, 0) is 16.4 Å². The maximum absolute atomic E-state index is 12.4. The summed E-state index contributed by atoms with van der Waals surface area (Å²) >= 11 is 4.50. The second-order valence-electron chi connectivity index (χ2n) is 5.86. The molecular weight excluding hydrogens is 412 g/mol. The fourth-order valence-corrected chi connectivity index (χ4v) is 5.81. The minimum absolute atomic E-state index is 0.0472. The Morgan fingerprint density at radius 1 is 1.33 bits per heavy atom. The van der Waals surface area contributed by atoms with E-state index in [9.17, 15) is 8.42 Å². The molecule has 0 saturated carbocycles. The molecule has 5 nitrogen and oxygen atoms in total. The lowest BCUT2D eigenvalue weighted by atomic mass is 10.0. The molecule has 0 fully saturated rings. The molecule has 24 heavy (non-hydrogen) atoms. The molecule has 1 aliphatic rings. The van der Waals surface area contributed by atoms with Crippen molar-refractivity contribution in [2.24, 2.45) is 0 Å². The van der Waals surface area contributed by atoms with Crippen molar-refractivity contribution in [2.45, 2.75) is 16.7 Å². The monoisotopic (exact) mass is 430 g/mol. The summed E-state index contributed by atoms with van der Waals surface area (Å²) in [5.41, 5.74) is 2.27. The Morgan fingerprint density at radius 2 is 2.12 bits per heavy atom. The van der Waals surface area contributed by atoms with E-state index >= 15 is 0 Å². The third kappa shape index (κ3) is 3.83. The predicted octanol–water partition coefficient (Wildman–Crippen LogP) is 3.03. The van der Waals surface area contributed by atoms with Gasteiger partial charge >= 0.3 is 0 Å². The predicted molar refractivity (Wildman–Crippen MR) is 99.3 cm³/mol. The maximum atomic E-state index is 12.4. The van der Waals surface area contributed by atoms with Crippen LogP contribution in [0.15, 0.2) is 38.3 Å². The minimum Gasteiger partial charge on any atom is -0.493 e. The molecule has 1 aromatic carbocycles. The van der Waals surface area contributed by atoms with Gasteiger partial charge in [0.15, 0.2) is 0 Å². The first-order chi connectivity index (χ1) is 11.4. The van der Waals surface area contributed by atoms with Crippen LogP contribution in [0.2, 0.25) is 0 Å². The lowest BCUT2D eigenvalue weighted by Crippen LogP contribution is -2.34. The lowest BCUT2D eigenvalue weighted by molar-refractivity contribution is 0.299. The van der Waals surface area contributed by atoms with E-state index in [-0.39, 0.29) is 6.04 Å². The Labute approximate surface area is 154 Å². The molecule has 0 aliphatic carbocycles. The highest BCUT2D eigenvalue weighted by atomic mass is 79.9. The van der Waals surface area contributed by atoms with Gasteiger partial charge in [-0.25, -0.2) is 13.1 Å². The summed E-state index contributed by atoms with van der Waals surface area (Å²) in [4.78, 5) is 2.02. The van der Waals surface area contributed by atoms with Gasteiger partial charge in [0.2, 0.25) is 10.0 Å². The van der Waals surface area contributed by atoms with Gasteiger partial charge in [-0.15, -0.1) is 11.3 Å². The minimum atomic E-state index is -3.50. The van der Waals surface area contributed by atoms with Crippen molar-refractivity contribution in [1.29, 1.82) is 0 Å². The lowest BCUT2D eigenvalue weighted by Gasteiger charge is -2.25. The first-order valence-electron chi connectivity index (χ1n) is 7.54. The van der Waals surface area contributed by atoms with E-state index in [0.29, 0.717) is 17.4 Å². The number of ether oxygens (including phenoxy) is 1. The Balaban J connectivity index is 1.77. The summed E-state index contributed by atoms with van der Waals surface area (Å²) in [6.07, 6.45) is 0.901. The first kappa shape index (κ1) is 17.9. The molecule has 1 N–H and O–H groups in total. The Bertz CT molecular complexity index is 834. The number of halogens is 1. The SMILES string of the molecule is CN(C)C(CNS(=O)(=O)c1ccc(Br)s1)c1ccc2c(c1)CCO2. The highest BCUT2D eigenvalue weighted by Crippen LogP contribution is 2.30. The fourth-order valence-electron chi connectivity index (χ4n) is 2.71. The summed E-state index contributed by atoms with van der Waals surface area (Å²) in [7, 11) is 0.397. The second kappa shape index (κ2) is 7.13. The van der Waals surface area contributed by atoms with Gasteiger partial charge in [0.25, 0.3) is 0 Å². The quantitative estimate of drug-likeness (QED) is 0.764. The van der Waals surface area contributed by atoms with Crippen molar-refractivity contribution in [3.8, 4) is 5.75 Å². The molecule has 0 amide bonds. The number of likely N-dealkylation sites (N-methyl/N-ethyl adjacent to an activating group) is 1. The number of thiophene rings is 1. The molecular formula is C16H19BrN2O3S2. The van der Waals surface area contributed by atoms with Crippen LogP contribution < -0.4 is 9.46 Å². The number of hydrogen-bond donors (Lipinski definition) is 1. The molecule has 130 valence electrons. The Morgan fingerprint density at radius 3 is 2.79 bits per heavy atom. The van der Waals surface area contributed by atoms with Crippen LogP contribution in [0.1, 0.15) is 17.2 Å². The first-order valence-corrected chi connectivity index (χ1v) is 10.6. The van der Waals surface area contributed by atoms with E-state index in [1.54, 1.807) is 12.1 Å². The number of fused-ring (bicyclic) bond motifs is 1. The van der Waals surface area contributed by atoms with Gasteiger partial charge in [0.1, 0.15) is 9.96 Å². The normalized spacial score (nSPS) is 15.3. The molecule has 2 aromatic rings. The Kier molecular flexibility index (Phi) is 5.31. The summed E-state index contributed by atoms with van der Waals surface area (Å²) in [5.74, 6) is 0.931. The summed E-state index contributed by atoms with van der Waals surface area (Å²) in [5, 5.41) is 0. The van der Waals surface area contributed by atoms with Gasteiger partial charge in [-0.1, -0.05) is 12.1 Å². The van der Waals surface area contributed by atoms with Crippen LogP contribution in [-0.4, -0.2) is 40.6 Å². The largest absolute Gasteiger partial charge is 0.493 e. The molecule has 0 radical (unpaired) electrons. The molecule has 2 heterocycles. The molecule has 1 aromatic heterocycles. The van der Waals surface area contributed by atoms with Gasteiger partial charge in [0.05, 0.1) is 10.4 Å². The number of hydrogen-bond acceptors (Lipinski definition) is 5. The van der Waals surface area contributed by atoms with E-state index in [4.69, 9.17) is 4.74 Å². The summed E-state index contributed by atoms with van der Waals surface area (Å²) in [6, 6.07) is 9.39. The third-order valence-corrected chi connectivity index (χ3v) is 7.54. The van der Waals surface area contributed by atoms with Crippen molar-refractivity contribution in [1.82, 2.24) is 9.62 Å². The zero-order chi connectivity index (χ0) is 17.3. The standard InChI is InChI=1S/C16H19BrN2O3S2/c1-19(2)13(11-3-4-14-12(9-11)7-8-22-14)10-18-24(20,21)16-6-5-15(17)23-16/h3-6,9,13,18H,7-8,10H2,1-2H3. The average Bonchev–Trinajstić information content (AvgIpc) is 3.15. The van der Waals surface area contributed by atoms with Crippen LogP contribution >= 0.6 is 27.3 Å². The Hall–Kier alpha value is -0.930. The smallest absolute Gasteiger partial charge is 0.250 e. The second-order valence-corrected chi connectivity index (χ2v) is 10.3. The average molecular weight is 431 g/mol. The van der Waals surface area contributed by atoms with Crippen LogP contribution in [0, 0.1) is 0 Å². The van der Waals surface area contributed by atoms with Gasteiger partial charge < -0.3 is 9.64 Å². The highest BCUT2D eigenvalue weighted by molar-refractivity contribution is 9.11. The van der Waals surface area contributed by atoms with Crippen molar-refractivity contribution in [3.05, 3.63) is 45.2 Å². The van der Waals surface area contributed by atoms with Gasteiger partial charge in [-0.05, 0) is 59.4 Å². The molecule has 0 bridgehead atoms. The van der Waals surface area contributed by atoms with Crippen LogP contribution in [0.3, 0.4) is 0 Å². The van der Waals surface area contributed by atoms with E-state index in [1.807, 2.05) is 31.1 Å². The van der Waals surface area contributed by atoms with Gasteiger partial charge in [-0.3, -0.25) is 0 Å². The van der Waals surface area contributed by atoms with Crippen LogP contribution in [0.4, 0.5) is 0 Å². The molecule has 1 aliphatic heterocycles. The summed E-state index contributed by atoms with van der Waals surface area (Å²) in [6.45, 7) is 1.02. The van der Waals surface area contributed by atoms with Crippen LogP contribution in [0.5, 0.6) is 5.75 Å². The van der Waals surface area contributed by atoms with Crippen LogP contribution in [0.25, 0.3) is 0 Å². The van der Waals surface area contributed by atoms with E-state index in [1.165, 1.54) is 16.9 Å². The highest BCUT2D eigenvalue weighted by Gasteiger charge is 2.22. The number of nitrogens with one attached hydrogen (secondary N) is 1. The van der Waals surface area contributed by atoms with Crippen molar-refractivity contribution < 1.29 is 13.2 Å². The number of rotatable bonds is 6.